The van der Waals surface area contributed by atoms with Gasteiger partial charge in [-0.2, -0.15) is 9.36 Å². The summed E-state index contributed by atoms with van der Waals surface area (Å²) in [7, 11) is 0. The van der Waals surface area contributed by atoms with Crippen molar-refractivity contribution in [2.24, 2.45) is 5.16 Å². The largest absolute Gasteiger partial charge is 0.374 e. The van der Waals surface area contributed by atoms with E-state index in [0.29, 0.717) is 22.1 Å². The van der Waals surface area contributed by atoms with Crippen molar-refractivity contribution in [2.45, 2.75) is 0 Å². The van der Waals surface area contributed by atoms with Crippen molar-refractivity contribution in [1.82, 2.24) is 9.36 Å². The molecule has 0 saturated carbocycles. The minimum Gasteiger partial charge on any atom is -0.374 e. The van der Waals surface area contributed by atoms with Gasteiger partial charge < -0.3 is 10.6 Å². The lowest BCUT2D eigenvalue weighted by Gasteiger charge is -2.00. The maximum absolute atomic E-state index is 10.9. The molecule has 19 heavy (non-hydrogen) atoms. The minimum absolute atomic E-state index is 0.0703. The molecular weight excluding hydrogens is 311 g/mol. The van der Waals surface area contributed by atoms with Gasteiger partial charge in [-0.25, -0.2) is 0 Å². The Bertz CT molecular complexity index is 644. The Morgan fingerprint density at radius 3 is 2.79 bits per heavy atom. The monoisotopic (exact) mass is 316 g/mol. The van der Waals surface area contributed by atoms with Crippen molar-refractivity contribution in [2.75, 3.05) is 5.73 Å². The predicted molar refractivity (Wildman–Crippen MR) is 74.0 cm³/mol. The molecular formula is C10H6Cl2N4O2S. The Labute approximate surface area is 122 Å². The van der Waals surface area contributed by atoms with E-state index in [9.17, 15) is 4.79 Å². The Morgan fingerprint density at radius 2 is 2.21 bits per heavy atom. The molecule has 0 aliphatic carbocycles. The number of benzene rings is 1. The first kappa shape index (κ1) is 13.7. The highest BCUT2D eigenvalue weighted by atomic mass is 35.5. The molecule has 0 bridgehead atoms. The van der Waals surface area contributed by atoms with E-state index in [1.54, 1.807) is 12.1 Å². The molecule has 0 spiro atoms. The first-order valence-electron chi connectivity index (χ1n) is 4.85. The summed E-state index contributed by atoms with van der Waals surface area (Å²) in [6, 6.07) is 4.58. The topological polar surface area (TPSA) is 90.5 Å². The van der Waals surface area contributed by atoms with Crippen LogP contribution in [0.1, 0.15) is 5.82 Å². The molecule has 0 saturated heterocycles. The number of hydrogen-bond donors (Lipinski definition) is 1. The second-order valence-electron chi connectivity index (χ2n) is 3.22. The molecule has 0 amide bonds. The number of nitrogens with zero attached hydrogens (tertiary/aromatic N) is 3. The van der Waals surface area contributed by atoms with Crippen LogP contribution in [-0.2, 0) is 4.79 Å². The van der Waals surface area contributed by atoms with Crippen LogP contribution in [0.15, 0.2) is 23.4 Å². The summed E-state index contributed by atoms with van der Waals surface area (Å²) in [5, 5.41) is 4.58. The number of aldehydes is 1. The Balaban J connectivity index is 2.20. The third-order valence-electron chi connectivity index (χ3n) is 1.92. The van der Waals surface area contributed by atoms with Gasteiger partial charge in [-0.05, 0) is 12.1 Å². The van der Waals surface area contributed by atoms with E-state index < -0.39 is 0 Å². The van der Waals surface area contributed by atoms with E-state index in [-0.39, 0.29) is 16.7 Å². The summed E-state index contributed by atoms with van der Waals surface area (Å²) < 4.78 is 3.85. The molecule has 0 aliphatic heterocycles. The number of carbonyl (C=O) groups excluding carboxylic acids is 1. The van der Waals surface area contributed by atoms with Crippen LogP contribution in [0.5, 0.6) is 5.75 Å². The highest BCUT2D eigenvalue weighted by Crippen LogP contribution is 2.26. The number of carbonyl (C=O) groups is 1. The fourth-order valence-corrected chi connectivity index (χ4v) is 1.82. The molecule has 1 heterocycles. The van der Waals surface area contributed by atoms with Gasteiger partial charge in [0.15, 0.2) is 28.7 Å². The average Bonchev–Trinajstić information content (AvgIpc) is 2.81. The first-order valence-corrected chi connectivity index (χ1v) is 6.38. The second-order valence-corrected chi connectivity index (χ2v) is 4.82. The highest BCUT2D eigenvalue weighted by Gasteiger charge is 2.10. The van der Waals surface area contributed by atoms with E-state index in [0.717, 1.165) is 11.5 Å². The second kappa shape index (κ2) is 5.96. The lowest BCUT2D eigenvalue weighted by molar-refractivity contribution is -0.102. The van der Waals surface area contributed by atoms with Crippen LogP contribution in [0.4, 0.5) is 5.13 Å². The predicted octanol–water partition coefficient (Wildman–Crippen LogP) is 2.41. The van der Waals surface area contributed by atoms with Crippen molar-refractivity contribution in [3.63, 3.8) is 0 Å². The number of nitrogens with two attached hydrogens (primary N) is 1. The third kappa shape index (κ3) is 3.40. The van der Waals surface area contributed by atoms with Crippen LogP contribution in [0, 0.1) is 0 Å². The number of aromatic nitrogens is 2. The van der Waals surface area contributed by atoms with Gasteiger partial charge in [0.05, 0.1) is 10.0 Å². The number of hydrogen-bond acceptors (Lipinski definition) is 7. The fraction of sp³-hybridized carbons (Fsp3) is 0. The van der Waals surface area contributed by atoms with Gasteiger partial charge in [0.25, 0.3) is 0 Å². The number of rotatable bonds is 4. The minimum atomic E-state index is -0.0703. The molecule has 9 heteroatoms. The van der Waals surface area contributed by atoms with E-state index in [4.69, 9.17) is 33.8 Å². The molecule has 1 aromatic carbocycles. The summed E-state index contributed by atoms with van der Waals surface area (Å²) in [5.74, 6) is 0.439. The SMILES string of the molecule is Nc1nc(/C(C=O)=N\Oc2ccc(Cl)c(Cl)c2)ns1. The van der Waals surface area contributed by atoms with E-state index in [1.165, 1.54) is 6.07 Å². The molecule has 98 valence electrons. The Kier molecular flexibility index (Phi) is 4.31. The zero-order chi connectivity index (χ0) is 13.8. The average molecular weight is 317 g/mol. The summed E-state index contributed by atoms with van der Waals surface area (Å²) in [5.41, 5.74) is 5.35. The molecule has 2 aromatic rings. The third-order valence-corrected chi connectivity index (χ3v) is 3.20. The summed E-state index contributed by atoms with van der Waals surface area (Å²) in [6.45, 7) is 0. The van der Waals surface area contributed by atoms with E-state index >= 15 is 0 Å². The van der Waals surface area contributed by atoms with Crippen molar-refractivity contribution in [3.8, 4) is 5.75 Å². The quantitative estimate of drug-likeness (QED) is 0.531. The number of halogens is 2. The zero-order valence-corrected chi connectivity index (χ0v) is 11.5. The van der Waals surface area contributed by atoms with E-state index in [2.05, 4.69) is 14.5 Å². The number of oxime groups is 1. The van der Waals surface area contributed by atoms with Crippen molar-refractivity contribution in [3.05, 3.63) is 34.1 Å². The van der Waals surface area contributed by atoms with Gasteiger partial charge in [0, 0.05) is 17.6 Å². The normalized spacial score (nSPS) is 11.4. The number of nitrogen functional groups attached to an aromatic ring is 1. The summed E-state index contributed by atoms with van der Waals surface area (Å²) >= 11 is 12.5. The molecule has 0 radical (unpaired) electrons. The number of anilines is 1. The maximum Gasteiger partial charge on any atom is 0.200 e. The van der Waals surface area contributed by atoms with Crippen LogP contribution >= 0.6 is 34.7 Å². The highest BCUT2D eigenvalue weighted by molar-refractivity contribution is 7.09. The lowest BCUT2D eigenvalue weighted by Crippen LogP contribution is -2.07. The molecule has 0 unspecified atom stereocenters. The van der Waals surface area contributed by atoms with Crippen molar-refractivity contribution in [1.29, 1.82) is 0 Å². The summed E-state index contributed by atoms with van der Waals surface area (Å²) in [6.07, 6.45) is 0.471. The van der Waals surface area contributed by atoms with Gasteiger partial charge in [0.1, 0.15) is 0 Å². The van der Waals surface area contributed by atoms with Gasteiger partial charge in [0.2, 0.25) is 0 Å². The van der Waals surface area contributed by atoms with Crippen LogP contribution in [0.3, 0.4) is 0 Å². The Morgan fingerprint density at radius 1 is 1.42 bits per heavy atom. The van der Waals surface area contributed by atoms with Crippen molar-refractivity contribution >= 4 is 51.9 Å². The Hall–Kier alpha value is -1.70. The molecule has 0 fully saturated rings. The first-order chi connectivity index (χ1) is 9.10. The van der Waals surface area contributed by atoms with Gasteiger partial charge >= 0.3 is 0 Å². The molecule has 2 N–H and O–H groups in total. The zero-order valence-electron chi connectivity index (χ0n) is 9.21. The maximum atomic E-state index is 10.9. The van der Waals surface area contributed by atoms with E-state index in [1.807, 2.05) is 0 Å². The smallest absolute Gasteiger partial charge is 0.200 e. The van der Waals surface area contributed by atoms with Crippen LogP contribution in [0.2, 0.25) is 10.0 Å². The lowest BCUT2D eigenvalue weighted by atomic mass is 10.3. The van der Waals surface area contributed by atoms with Gasteiger partial charge in [-0.15, -0.1) is 0 Å². The molecule has 0 aliphatic rings. The van der Waals surface area contributed by atoms with Crippen LogP contribution < -0.4 is 10.6 Å². The standard InChI is InChI=1S/C10H6Cl2N4O2S/c11-6-2-1-5(3-7(6)12)18-15-8(4-17)9-14-10(13)19-16-9/h1-4H,(H2,13,14,16)/b15-8-. The molecule has 0 atom stereocenters. The van der Waals surface area contributed by atoms with Crippen LogP contribution in [-0.4, -0.2) is 21.4 Å². The summed E-state index contributed by atoms with van der Waals surface area (Å²) in [4.78, 5) is 19.8. The van der Waals surface area contributed by atoms with Crippen molar-refractivity contribution < 1.29 is 9.63 Å². The van der Waals surface area contributed by atoms with Gasteiger partial charge in [-0.1, -0.05) is 28.4 Å². The van der Waals surface area contributed by atoms with Crippen LogP contribution in [0.25, 0.3) is 0 Å². The van der Waals surface area contributed by atoms with Gasteiger partial charge in [-0.3, -0.25) is 4.79 Å². The molecule has 6 nitrogen and oxygen atoms in total. The molecule has 2 rings (SSSR count). The molecule has 1 aromatic heterocycles. The fourth-order valence-electron chi connectivity index (χ4n) is 1.09.